The molecule has 1 rings (SSSR count). The number of thiocarbonyl (C=S) groups is 1. The molecule has 0 bridgehead atoms. The predicted molar refractivity (Wildman–Crippen MR) is 87.2 cm³/mol. The first-order chi connectivity index (χ1) is 8.43. The molecule has 18 heavy (non-hydrogen) atoms. The summed E-state index contributed by atoms with van der Waals surface area (Å²) in [7, 11) is 0. The molecule has 0 saturated heterocycles. The first kappa shape index (κ1) is 15.4. The fourth-order valence-corrected chi connectivity index (χ4v) is 2.50. The number of hydrogen-bond acceptors (Lipinski definition) is 2. The third-order valence-corrected chi connectivity index (χ3v) is 4.00. The zero-order valence-electron chi connectivity index (χ0n) is 11.2. The van der Waals surface area contributed by atoms with Gasteiger partial charge in [0.2, 0.25) is 0 Å². The van der Waals surface area contributed by atoms with Crippen LogP contribution in [0.15, 0.2) is 22.7 Å². The molecule has 0 amide bonds. The molecule has 0 fully saturated rings. The Morgan fingerprint density at radius 3 is 2.61 bits per heavy atom. The van der Waals surface area contributed by atoms with Crippen LogP contribution < -0.4 is 11.1 Å². The van der Waals surface area contributed by atoms with Gasteiger partial charge in [-0.25, -0.2) is 0 Å². The van der Waals surface area contributed by atoms with E-state index in [4.69, 9.17) is 18.0 Å². The largest absolute Gasteiger partial charge is 0.389 e. The minimum Gasteiger partial charge on any atom is -0.389 e. The monoisotopic (exact) mass is 328 g/mol. The van der Waals surface area contributed by atoms with E-state index in [2.05, 4.69) is 42.0 Å². The van der Waals surface area contributed by atoms with E-state index in [9.17, 15) is 0 Å². The number of benzene rings is 1. The SMILES string of the molecule is CCC(C)CC(C)Nc1ccc(C(N)=S)cc1Br. The van der Waals surface area contributed by atoms with Crippen LogP contribution in [0.1, 0.15) is 39.2 Å². The molecule has 2 unspecified atom stereocenters. The van der Waals surface area contributed by atoms with Crippen molar-refractivity contribution in [3.05, 3.63) is 28.2 Å². The number of hydrogen-bond donors (Lipinski definition) is 2. The molecule has 0 aromatic heterocycles. The molecular weight excluding hydrogens is 308 g/mol. The summed E-state index contributed by atoms with van der Waals surface area (Å²) in [5.74, 6) is 0.738. The van der Waals surface area contributed by atoms with Crippen LogP contribution in [-0.4, -0.2) is 11.0 Å². The van der Waals surface area contributed by atoms with Crippen molar-refractivity contribution in [1.82, 2.24) is 0 Å². The van der Waals surface area contributed by atoms with Gasteiger partial charge < -0.3 is 11.1 Å². The highest BCUT2D eigenvalue weighted by Crippen LogP contribution is 2.25. The minimum absolute atomic E-state index is 0.426. The number of rotatable bonds is 6. The lowest BCUT2D eigenvalue weighted by molar-refractivity contribution is 0.484. The highest BCUT2D eigenvalue weighted by molar-refractivity contribution is 9.10. The van der Waals surface area contributed by atoms with Gasteiger partial charge in [0.25, 0.3) is 0 Å². The van der Waals surface area contributed by atoms with E-state index in [0.29, 0.717) is 11.0 Å². The summed E-state index contributed by atoms with van der Waals surface area (Å²) in [4.78, 5) is 0.426. The summed E-state index contributed by atoms with van der Waals surface area (Å²) in [5, 5.41) is 3.51. The molecule has 0 aliphatic rings. The summed E-state index contributed by atoms with van der Waals surface area (Å²) in [6, 6.07) is 6.38. The fraction of sp³-hybridized carbons (Fsp3) is 0.500. The standard InChI is InChI=1S/C14H21BrN2S/c1-4-9(2)7-10(3)17-13-6-5-11(14(16)18)8-12(13)15/h5-6,8-10,17H,4,7H2,1-3H3,(H2,16,18). The van der Waals surface area contributed by atoms with Crippen LogP contribution in [-0.2, 0) is 0 Å². The van der Waals surface area contributed by atoms with Crippen LogP contribution in [0, 0.1) is 5.92 Å². The Labute approximate surface area is 123 Å². The Balaban J connectivity index is 2.70. The number of nitrogens with one attached hydrogen (secondary N) is 1. The summed E-state index contributed by atoms with van der Waals surface area (Å²) in [5.41, 5.74) is 7.58. The zero-order chi connectivity index (χ0) is 13.7. The van der Waals surface area contributed by atoms with Crippen molar-refractivity contribution in [2.45, 2.75) is 39.7 Å². The number of anilines is 1. The maximum atomic E-state index is 5.61. The second-order valence-corrected chi connectivity index (χ2v) is 6.15. The van der Waals surface area contributed by atoms with E-state index < -0.39 is 0 Å². The molecule has 0 heterocycles. The smallest absolute Gasteiger partial charge is 0.104 e. The minimum atomic E-state index is 0.426. The lowest BCUT2D eigenvalue weighted by Gasteiger charge is -2.19. The maximum absolute atomic E-state index is 5.61. The Hall–Kier alpha value is -0.610. The second kappa shape index (κ2) is 7.10. The highest BCUT2D eigenvalue weighted by atomic mass is 79.9. The molecule has 3 N–H and O–H groups in total. The van der Waals surface area contributed by atoms with Crippen molar-refractivity contribution in [3.63, 3.8) is 0 Å². The van der Waals surface area contributed by atoms with Gasteiger partial charge in [0, 0.05) is 21.8 Å². The molecule has 1 aromatic rings. The molecule has 2 nitrogen and oxygen atoms in total. The van der Waals surface area contributed by atoms with Crippen LogP contribution in [0.4, 0.5) is 5.69 Å². The molecule has 0 aliphatic heterocycles. The van der Waals surface area contributed by atoms with Crippen molar-refractivity contribution >= 4 is 38.8 Å². The van der Waals surface area contributed by atoms with Crippen molar-refractivity contribution < 1.29 is 0 Å². The lowest BCUT2D eigenvalue weighted by atomic mass is 10.0. The van der Waals surface area contributed by atoms with Gasteiger partial charge in [-0.2, -0.15) is 0 Å². The highest BCUT2D eigenvalue weighted by Gasteiger charge is 2.09. The maximum Gasteiger partial charge on any atom is 0.104 e. The molecule has 100 valence electrons. The van der Waals surface area contributed by atoms with Crippen molar-refractivity contribution in [1.29, 1.82) is 0 Å². The average molecular weight is 329 g/mol. The molecule has 0 aliphatic carbocycles. The van der Waals surface area contributed by atoms with Crippen molar-refractivity contribution in [2.24, 2.45) is 11.7 Å². The van der Waals surface area contributed by atoms with E-state index in [-0.39, 0.29) is 0 Å². The summed E-state index contributed by atoms with van der Waals surface area (Å²) in [6.07, 6.45) is 2.38. The predicted octanol–water partition coefficient (Wildman–Crippen LogP) is 4.32. The Morgan fingerprint density at radius 2 is 2.11 bits per heavy atom. The van der Waals surface area contributed by atoms with Gasteiger partial charge in [0.15, 0.2) is 0 Å². The van der Waals surface area contributed by atoms with Gasteiger partial charge >= 0.3 is 0 Å². The third-order valence-electron chi connectivity index (χ3n) is 3.11. The van der Waals surface area contributed by atoms with Gasteiger partial charge in [-0.05, 0) is 53.4 Å². The molecule has 1 aromatic carbocycles. The normalized spacial score (nSPS) is 14.0. The molecule has 0 spiro atoms. The first-order valence-electron chi connectivity index (χ1n) is 6.30. The van der Waals surface area contributed by atoms with Gasteiger partial charge in [-0.3, -0.25) is 0 Å². The van der Waals surface area contributed by atoms with Gasteiger partial charge in [-0.15, -0.1) is 0 Å². The van der Waals surface area contributed by atoms with E-state index >= 15 is 0 Å². The third kappa shape index (κ3) is 4.58. The second-order valence-electron chi connectivity index (χ2n) is 4.85. The van der Waals surface area contributed by atoms with E-state index in [1.807, 2.05) is 18.2 Å². The summed E-state index contributed by atoms with van der Waals surface area (Å²) >= 11 is 8.51. The van der Waals surface area contributed by atoms with Crippen molar-refractivity contribution in [3.8, 4) is 0 Å². The van der Waals surface area contributed by atoms with E-state index in [1.165, 1.54) is 12.8 Å². The number of nitrogens with two attached hydrogens (primary N) is 1. The number of halogens is 1. The van der Waals surface area contributed by atoms with Gasteiger partial charge in [-0.1, -0.05) is 32.5 Å². The Morgan fingerprint density at radius 1 is 1.44 bits per heavy atom. The quantitative estimate of drug-likeness (QED) is 0.764. The summed E-state index contributed by atoms with van der Waals surface area (Å²) in [6.45, 7) is 6.72. The van der Waals surface area contributed by atoms with Crippen LogP contribution in [0.25, 0.3) is 0 Å². The first-order valence-corrected chi connectivity index (χ1v) is 7.50. The van der Waals surface area contributed by atoms with Gasteiger partial charge in [0.05, 0.1) is 0 Å². The topological polar surface area (TPSA) is 38.0 Å². The molecule has 4 heteroatoms. The van der Waals surface area contributed by atoms with E-state index in [0.717, 1.165) is 21.6 Å². The zero-order valence-corrected chi connectivity index (χ0v) is 13.6. The van der Waals surface area contributed by atoms with Crippen LogP contribution in [0.3, 0.4) is 0 Å². The van der Waals surface area contributed by atoms with Crippen LogP contribution in [0.5, 0.6) is 0 Å². The lowest BCUT2D eigenvalue weighted by Crippen LogP contribution is -2.18. The molecular formula is C14H21BrN2S. The van der Waals surface area contributed by atoms with Crippen LogP contribution in [0.2, 0.25) is 0 Å². The molecule has 0 radical (unpaired) electrons. The van der Waals surface area contributed by atoms with Gasteiger partial charge in [0.1, 0.15) is 4.99 Å². The average Bonchev–Trinajstić information content (AvgIpc) is 2.31. The fourth-order valence-electron chi connectivity index (χ4n) is 1.88. The van der Waals surface area contributed by atoms with Crippen molar-refractivity contribution in [2.75, 3.05) is 5.32 Å². The van der Waals surface area contributed by atoms with Crippen LogP contribution >= 0.6 is 28.1 Å². The molecule has 0 saturated carbocycles. The summed E-state index contributed by atoms with van der Waals surface area (Å²) < 4.78 is 1.00. The van der Waals surface area contributed by atoms with E-state index in [1.54, 1.807) is 0 Å². The molecule has 2 atom stereocenters. The Bertz CT molecular complexity index is 420. The Kier molecular flexibility index (Phi) is 6.09.